The summed E-state index contributed by atoms with van der Waals surface area (Å²) in [4.78, 5) is 14.3. The SMILES string of the molecule is CCC1CCCN1C(=O)c1cccc(C)c1. The average molecular weight is 217 g/mol. The van der Waals surface area contributed by atoms with Gasteiger partial charge in [-0.1, -0.05) is 24.6 Å². The molecule has 2 heteroatoms. The highest BCUT2D eigenvalue weighted by atomic mass is 16.2. The van der Waals surface area contributed by atoms with E-state index in [0.29, 0.717) is 6.04 Å². The maximum Gasteiger partial charge on any atom is 0.254 e. The Morgan fingerprint density at radius 2 is 2.31 bits per heavy atom. The number of carbonyl (C=O) groups excluding carboxylic acids is 1. The average Bonchev–Trinajstić information content (AvgIpc) is 2.76. The van der Waals surface area contributed by atoms with Crippen LogP contribution in [0.15, 0.2) is 24.3 Å². The number of amides is 1. The summed E-state index contributed by atoms with van der Waals surface area (Å²) < 4.78 is 0. The Bertz CT molecular complexity index is 386. The van der Waals surface area contributed by atoms with Crippen LogP contribution in [0.4, 0.5) is 0 Å². The summed E-state index contributed by atoms with van der Waals surface area (Å²) >= 11 is 0. The van der Waals surface area contributed by atoms with Gasteiger partial charge in [-0.3, -0.25) is 4.79 Å². The van der Waals surface area contributed by atoms with Gasteiger partial charge in [0.05, 0.1) is 0 Å². The fourth-order valence-corrected chi connectivity index (χ4v) is 2.47. The molecule has 0 N–H and O–H groups in total. The molecule has 0 bridgehead atoms. The van der Waals surface area contributed by atoms with E-state index in [9.17, 15) is 4.79 Å². The Hall–Kier alpha value is -1.31. The molecule has 0 spiro atoms. The zero-order chi connectivity index (χ0) is 11.5. The highest BCUT2D eigenvalue weighted by molar-refractivity contribution is 5.94. The van der Waals surface area contributed by atoms with Crippen LogP contribution in [0.1, 0.15) is 42.1 Å². The highest BCUT2D eigenvalue weighted by Crippen LogP contribution is 2.22. The lowest BCUT2D eigenvalue weighted by Gasteiger charge is -2.23. The molecule has 86 valence electrons. The van der Waals surface area contributed by atoms with Crippen LogP contribution >= 0.6 is 0 Å². The molecule has 0 saturated carbocycles. The number of hydrogen-bond acceptors (Lipinski definition) is 1. The lowest BCUT2D eigenvalue weighted by molar-refractivity contribution is 0.0733. The summed E-state index contributed by atoms with van der Waals surface area (Å²) in [5, 5.41) is 0. The van der Waals surface area contributed by atoms with Crippen LogP contribution < -0.4 is 0 Å². The second-order valence-electron chi connectivity index (χ2n) is 4.57. The molecule has 0 aromatic heterocycles. The molecular weight excluding hydrogens is 198 g/mol. The molecule has 1 aliphatic rings. The van der Waals surface area contributed by atoms with E-state index in [2.05, 4.69) is 6.92 Å². The predicted octanol–water partition coefficient (Wildman–Crippen LogP) is 3.01. The van der Waals surface area contributed by atoms with E-state index in [4.69, 9.17) is 0 Å². The van der Waals surface area contributed by atoms with Gasteiger partial charge in [-0.25, -0.2) is 0 Å². The lowest BCUT2D eigenvalue weighted by Crippen LogP contribution is -2.35. The minimum Gasteiger partial charge on any atom is -0.336 e. The highest BCUT2D eigenvalue weighted by Gasteiger charge is 2.27. The smallest absolute Gasteiger partial charge is 0.254 e. The van der Waals surface area contributed by atoms with Crippen molar-refractivity contribution in [3.8, 4) is 0 Å². The zero-order valence-corrected chi connectivity index (χ0v) is 10.1. The number of nitrogens with zero attached hydrogens (tertiary/aromatic N) is 1. The van der Waals surface area contributed by atoms with Crippen molar-refractivity contribution >= 4 is 5.91 Å². The number of likely N-dealkylation sites (tertiary alicyclic amines) is 1. The molecule has 0 radical (unpaired) electrons. The van der Waals surface area contributed by atoms with E-state index in [1.807, 2.05) is 36.1 Å². The number of rotatable bonds is 2. The molecule has 2 nitrogen and oxygen atoms in total. The van der Waals surface area contributed by atoms with Crippen LogP contribution in [-0.4, -0.2) is 23.4 Å². The van der Waals surface area contributed by atoms with Gasteiger partial charge in [-0.2, -0.15) is 0 Å². The second kappa shape index (κ2) is 4.69. The van der Waals surface area contributed by atoms with Crippen LogP contribution in [0.3, 0.4) is 0 Å². The number of benzene rings is 1. The molecule has 1 aromatic carbocycles. The summed E-state index contributed by atoms with van der Waals surface area (Å²) in [5.74, 6) is 0.202. The third kappa shape index (κ3) is 2.11. The molecule has 1 atom stereocenters. The van der Waals surface area contributed by atoms with Crippen LogP contribution in [0.25, 0.3) is 0 Å². The quantitative estimate of drug-likeness (QED) is 0.745. The van der Waals surface area contributed by atoms with Crippen molar-refractivity contribution in [2.24, 2.45) is 0 Å². The number of hydrogen-bond donors (Lipinski definition) is 0. The Morgan fingerprint density at radius 3 is 3.00 bits per heavy atom. The van der Waals surface area contributed by atoms with E-state index in [-0.39, 0.29) is 5.91 Å². The minimum atomic E-state index is 0.202. The Balaban J connectivity index is 2.18. The summed E-state index contributed by atoms with van der Waals surface area (Å²) in [6.07, 6.45) is 3.38. The number of aryl methyl sites for hydroxylation is 1. The topological polar surface area (TPSA) is 20.3 Å². The monoisotopic (exact) mass is 217 g/mol. The van der Waals surface area contributed by atoms with Gasteiger partial charge in [-0.05, 0) is 38.3 Å². The maximum absolute atomic E-state index is 12.3. The van der Waals surface area contributed by atoms with Crippen molar-refractivity contribution in [3.63, 3.8) is 0 Å². The van der Waals surface area contributed by atoms with E-state index in [1.54, 1.807) is 0 Å². The van der Waals surface area contributed by atoms with Gasteiger partial charge in [0.2, 0.25) is 0 Å². The van der Waals surface area contributed by atoms with Crippen LogP contribution in [0, 0.1) is 6.92 Å². The fourth-order valence-electron chi connectivity index (χ4n) is 2.47. The molecule has 1 heterocycles. The van der Waals surface area contributed by atoms with Gasteiger partial charge in [-0.15, -0.1) is 0 Å². The first-order valence-electron chi connectivity index (χ1n) is 6.10. The van der Waals surface area contributed by atoms with Gasteiger partial charge < -0.3 is 4.90 Å². The first-order chi connectivity index (χ1) is 7.72. The summed E-state index contributed by atoms with van der Waals surface area (Å²) in [6.45, 7) is 5.11. The third-order valence-corrected chi connectivity index (χ3v) is 3.37. The first-order valence-corrected chi connectivity index (χ1v) is 6.10. The molecule has 1 aliphatic heterocycles. The Labute approximate surface area is 97.3 Å². The van der Waals surface area contributed by atoms with E-state index >= 15 is 0 Å². The van der Waals surface area contributed by atoms with Gasteiger partial charge in [0.25, 0.3) is 5.91 Å². The molecule has 1 fully saturated rings. The van der Waals surface area contributed by atoms with Crippen LogP contribution in [-0.2, 0) is 0 Å². The first kappa shape index (κ1) is 11.2. The van der Waals surface area contributed by atoms with Crippen molar-refractivity contribution in [1.29, 1.82) is 0 Å². The molecule has 16 heavy (non-hydrogen) atoms. The summed E-state index contributed by atoms with van der Waals surface area (Å²) in [5.41, 5.74) is 1.98. The Morgan fingerprint density at radius 1 is 1.50 bits per heavy atom. The molecule has 1 unspecified atom stereocenters. The summed E-state index contributed by atoms with van der Waals surface area (Å²) in [6, 6.07) is 8.33. The van der Waals surface area contributed by atoms with Crippen molar-refractivity contribution in [3.05, 3.63) is 35.4 Å². The zero-order valence-electron chi connectivity index (χ0n) is 10.1. The Kier molecular flexibility index (Phi) is 3.28. The maximum atomic E-state index is 12.3. The molecule has 1 aromatic rings. The fraction of sp³-hybridized carbons (Fsp3) is 0.500. The molecule has 1 saturated heterocycles. The van der Waals surface area contributed by atoms with Crippen molar-refractivity contribution in [1.82, 2.24) is 4.90 Å². The van der Waals surface area contributed by atoms with Crippen molar-refractivity contribution < 1.29 is 4.79 Å². The third-order valence-electron chi connectivity index (χ3n) is 3.37. The van der Waals surface area contributed by atoms with Gasteiger partial charge in [0.15, 0.2) is 0 Å². The van der Waals surface area contributed by atoms with E-state index < -0.39 is 0 Å². The van der Waals surface area contributed by atoms with Crippen molar-refractivity contribution in [2.75, 3.05) is 6.54 Å². The van der Waals surface area contributed by atoms with Crippen molar-refractivity contribution in [2.45, 2.75) is 39.2 Å². The number of carbonyl (C=O) groups is 1. The second-order valence-corrected chi connectivity index (χ2v) is 4.57. The normalized spacial score (nSPS) is 20.1. The molecule has 2 rings (SSSR count). The summed E-state index contributed by atoms with van der Waals surface area (Å²) in [7, 11) is 0. The van der Waals surface area contributed by atoms with Gasteiger partial charge in [0.1, 0.15) is 0 Å². The van der Waals surface area contributed by atoms with Gasteiger partial charge in [0, 0.05) is 18.2 Å². The largest absolute Gasteiger partial charge is 0.336 e. The van der Waals surface area contributed by atoms with E-state index in [1.165, 1.54) is 0 Å². The predicted molar refractivity (Wildman–Crippen MR) is 65.5 cm³/mol. The molecule has 1 amide bonds. The standard InChI is InChI=1S/C14H19NO/c1-3-13-8-5-9-15(13)14(16)12-7-4-6-11(2)10-12/h4,6-7,10,13H,3,5,8-9H2,1-2H3. The minimum absolute atomic E-state index is 0.202. The van der Waals surface area contributed by atoms with E-state index in [0.717, 1.165) is 36.9 Å². The molecular formula is C14H19NO. The lowest BCUT2D eigenvalue weighted by atomic mass is 10.1. The van der Waals surface area contributed by atoms with Gasteiger partial charge >= 0.3 is 0 Å². The van der Waals surface area contributed by atoms with Crippen LogP contribution in [0.2, 0.25) is 0 Å². The van der Waals surface area contributed by atoms with Crippen LogP contribution in [0.5, 0.6) is 0 Å². The molecule has 0 aliphatic carbocycles.